The average Bonchev–Trinajstić information content (AvgIpc) is 3.05. The van der Waals surface area contributed by atoms with Crippen molar-refractivity contribution in [2.75, 3.05) is 11.4 Å². The first kappa shape index (κ1) is 16.5. The molecule has 1 saturated heterocycles. The van der Waals surface area contributed by atoms with E-state index in [9.17, 15) is 9.59 Å². The van der Waals surface area contributed by atoms with Crippen LogP contribution in [-0.2, 0) is 9.59 Å². The van der Waals surface area contributed by atoms with Crippen LogP contribution in [0.2, 0.25) is 5.02 Å². The summed E-state index contributed by atoms with van der Waals surface area (Å²) in [6, 6.07) is 16.1. The minimum absolute atomic E-state index is 0.106. The first-order valence-electron chi connectivity index (χ1n) is 8.23. The molecule has 4 rings (SSSR count). The maximum atomic E-state index is 12.6. The van der Waals surface area contributed by atoms with Crippen molar-refractivity contribution in [2.24, 2.45) is 5.92 Å². The van der Waals surface area contributed by atoms with Gasteiger partial charge in [0.2, 0.25) is 5.91 Å². The van der Waals surface area contributed by atoms with Crippen molar-refractivity contribution in [1.82, 2.24) is 4.98 Å². The molecule has 5 nitrogen and oxygen atoms in total. The second kappa shape index (κ2) is 6.77. The number of hydrogen-bond donors (Lipinski definition) is 0. The van der Waals surface area contributed by atoms with Gasteiger partial charge in [-0.3, -0.25) is 14.6 Å². The molecule has 0 unspecified atom stereocenters. The third-order valence-corrected chi connectivity index (χ3v) is 4.65. The molecule has 26 heavy (non-hydrogen) atoms. The molecule has 2 heterocycles. The molecule has 0 saturated carbocycles. The van der Waals surface area contributed by atoms with Gasteiger partial charge in [0.05, 0.1) is 5.92 Å². The highest BCUT2D eigenvalue weighted by molar-refractivity contribution is 6.30. The number of fused-ring (bicyclic) bond motifs is 1. The van der Waals surface area contributed by atoms with Gasteiger partial charge in [0.25, 0.3) is 0 Å². The topological polar surface area (TPSA) is 59.5 Å². The molecule has 130 valence electrons. The fourth-order valence-corrected chi connectivity index (χ4v) is 3.21. The minimum atomic E-state index is -0.517. The highest BCUT2D eigenvalue weighted by Gasteiger charge is 2.36. The van der Waals surface area contributed by atoms with Gasteiger partial charge in [-0.15, -0.1) is 0 Å². The number of esters is 1. The Balaban J connectivity index is 1.52. The van der Waals surface area contributed by atoms with E-state index in [1.165, 1.54) is 0 Å². The molecule has 6 heteroatoms. The summed E-state index contributed by atoms with van der Waals surface area (Å²) in [5.41, 5.74) is 1.35. The molecular weight excluding hydrogens is 352 g/mol. The van der Waals surface area contributed by atoms with Gasteiger partial charge in [0, 0.05) is 35.3 Å². The minimum Gasteiger partial charge on any atom is -0.424 e. The number of anilines is 1. The summed E-state index contributed by atoms with van der Waals surface area (Å²) in [5.74, 6) is -0.638. The van der Waals surface area contributed by atoms with E-state index < -0.39 is 11.9 Å². The van der Waals surface area contributed by atoms with Gasteiger partial charge < -0.3 is 9.64 Å². The summed E-state index contributed by atoms with van der Waals surface area (Å²) in [7, 11) is 0. The van der Waals surface area contributed by atoms with Crippen LogP contribution in [-0.4, -0.2) is 23.4 Å². The zero-order valence-corrected chi connectivity index (χ0v) is 14.5. The number of carbonyl (C=O) groups is 2. The molecule has 1 aliphatic rings. The quantitative estimate of drug-likeness (QED) is 0.522. The van der Waals surface area contributed by atoms with E-state index in [0.29, 0.717) is 16.3 Å². The third-order valence-electron chi connectivity index (χ3n) is 4.40. The standard InChI is InChI=1S/C20H15ClN2O3/c21-15-6-8-16(9-7-15)23-12-14(11-18(23)24)20(25)26-17-5-1-3-13-4-2-10-22-19(13)17/h1-10,14H,11-12H2/t14-/m0/s1. The van der Waals surface area contributed by atoms with E-state index in [0.717, 1.165) is 11.1 Å². The molecule has 1 aliphatic heterocycles. The number of pyridine rings is 1. The third kappa shape index (κ3) is 3.13. The van der Waals surface area contributed by atoms with Crippen molar-refractivity contribution in [1.29, 1.82) is 0 Å². The van der Waals surface area contributed by atoms with E-state index in [1.807, 2.05) is 24.3 Å². The average molecular weight is 367 g/mol. The Morgan fingerprint density at radius 2 is 1.88 bits per heavy atom. The number of hydrogen-bond acceptors (Lipinski definition) is 4. The van der Waals surface area contributed by atoms with Gasteiger partial charge in [0.1, 0.15) is 5.52 Å². The van der Waals surface area contributed by atoms with Gasteiger partial charge in [0.15, 0.2) is 5.75 Å². The van der Waals surface area contributed by atoms with Crippen LogP contribution in [0.1, 0.15) is 6.42 Å². The van der Waals surface area contributed by atoms with E-state index in [-0.39, 0.29) is 18.9 Å². The van der Waals surface area contributed by atoms with E-state index >= 15 is 0 Å². The number of rotatable bonds is 3. The molecule has 2 aromatic carbocycles. The second-order valence-electron chi connectivity index (χ2n) is 6.13. The van der Waals surface area contributed by atoms with Crippen LogP contribution in [0.25, 0.3) is 10.9 Å². The lowest BCUT2D eigenvalue weighted by molar-refractivity contribution is -0.139. The zero-order chi connectivity index (χ0) is 18.1. The molecule has 0 bridgehead atoms. The normalized spacial score (nSPS) is 16.9. The smallest absolute Gasteiger partial charge is 0.316 e. The monoisotopic (exact) mass is 366 g/mol. The Hall–Kier alpha value is -2.92. The van der Waals surface area contributed by atoms with Gasteiger partial charge >= 0.3 is 5.97 Å². The van der Waals surface area contributed by atoms with Crippen molar-refractivity contribution in [3.8, 4) is 5.75 Å². The Bertz CT molecular complexity index is 983. The summed E-state index contributed by atoms with van der Waals surface area (Å²) < 4.78 is 5.56. The first-order valence-corrected chi connectivity index (χ1v) is 8.61. The van der Waals surface area contributed by atoms with Crippen molar-refractivity contribution < 1.29 is 14.3 Å². The number of para-hydroxylation sites is 1. The van der Waals surface area contributed by atoms with E-state index in [4.69, 9.17) is 16.3 Å². The Kier molecular flexibility index (Phi) is 4.31. The lowest BCUT2D eigenvalue weighted by atomic mass is 10.1. The van der Waals surface area contributed by atoms with Crippen LogP contribution in [0.4, 0.5) is 5.69 Å². The Labute approximate surface area is 155 Å². The second-order valence-corrected chi connectivity index (χ2v) is 6.57. The summed E-state index contributed by atoms with van der Waals surface area (Å²) >= 11 is 5.89. The number of aromatic nitrogens is 1. The number of halogens is 1. The molecule has 0 N–H and O–H groups in total. The molecule has 0 aliphatic carbocycles. The maximum absolute atomic E-state index is 12.6. The maximum Gasteiger partial charge on any atom is 0.316 e. The molecule has 1 fully saturated rings. The van der Waals surface area contributed by atoms with Gasteiger partial charge in [-0.1, -0.05) is 29.8 Å². The number of amides is 1. The van der Waals surface area contributed by atoms with Crippen LogP contribution in [0.15, 0.2) is 60.8 Å². The molecule has 0 spiro atoms. The number of nitrogens with zero attached hydrogens (tertiary/aromatic N) is 2. The fraction of sp³-hybridized carbons (Fsp3) is 0.150. The molecule has 1 atom stereocenters. The summed E-state index contributed by atoms with van der Waals surface area (Å²) in [5, 5.41) is 1.49. The van der Waals surface area contributed by atoms with Crippen LogP contribution >= 0.6 is 11.6 Å². The molecular formula is C20H15ClN2O3. The van der Waals surface area contributed by atoms with Gasteiger partial charge in [-0.2, -0.15) is 0 Å². The predicted molar refractivity (Wildman–Crippen MR) is 99.3 cm³/mol. The highest BCUT2D eigenvalue weighted by atomic mass is 35.5. The summed E-state index contributed by atoms with van der Waals surface area (Å²) in [6.45, 7) is 0.289. The van der Waals surface area contributed by atoms with Crippen molar-refractivity contribution in [2.45, 2.75) is 6.42 Å². The van der Waals surface area contributed by atoms with Crippen LogP contribution in [0, 0.1) is 5.92 Å². The van der Waals surface area contributed by atoms with Gasteiger partial charge in [-0.05, 0) is 36.4 Å². The lowest BCUT2D eigenvalue weighted by Gasteiger charge is -2.16. The number of benzene rings is 2. The van der Waals surface area contributed by atoms with E-state index in [2.05, 4.69) is 4.98 Å². The SMILES string of the molecule is O=C(Oc1cccc2cccnc12)[C@H]1CC(=O)N(c2ccc(Cl)cc2)C1. The van der Waals surface area contributed by atoms with Crippen molar-refractivity contribution >= 4 is 40.1 Å². The summed E-state index contributed by atoms with van der Waals surface area (Å²) in [4.78, 5) is 30.8. The molecule has 1 amide bonds. The van der Waals surface area contributed by atoms with Crippen molar-refractivity contribution in [3.63, 3.8) is 0 Å². The van der Waals surface area contributed by atoms with E-state index in [1.54, 1.807) is 41.4 Å². The van der Waals surface area contributed by atoms with Gasteiger partial charge in [-0.25, -0.2) is 0 Å². The number of ether oxygens (including phenoxy) is 1. The highest BCUT2D eigenvalue weighted by Crippen LogP contribution is 2.29. The fourth-order valence-electron chi connectivity index (χ4n) is 3.09. The Morgan fingerprint density at radius 1 is 1.12 bits per heavy atom. The van der Waals surface area contributed by atoms with Crippen molar-refractivity contribution in [3.05, 3.63) is 65.8 Å². The largest absolute Gasteiger partial charge is 0.424 e. The molecule has 0 radical (unpaired) electrons. The predicted octanol–water partition coefficient (Wildman–Crippen LogP) is 3.85. The zero-order valence-electron chi connectivity index (χ0n) is 13.8. The number of carbonyl (C=O) groups excluding carboxylic acids is 2. The van der Waals surface area contributed by atoms with Crippen LogP contribution in [0.5, 0.6) is 5.75 Å². The van der Waals surface area contributed by atoms with Crippen LogP contribution < -0.4 is 9.64 Å². The Morgan fingerprint density at radius 3 is 2.69 bits per heavy atom. The summed E-state index contributed by atoms with van der Waals surface area (Å²) in [6.07, 6.45) is 1.78. The molecule has 1 aromatic heterocycles. The first-order chi connectivity index (χ1) is 12.6. The lowest BCUT2D eigenvalue weighted by Crippen LogP contribution is -2.27. The van der Waals surface area contributed by atoms with Crippen LogP contribution in [0.3, 0.4) is 0 Å². The molecule has 3 aromatic rings.